The minimum absolute atomic E-state index is 0.134. The second-order valence-electron chi connectivity index (χ2n) is 6.99. The number of amides is 1. The smallest absolute Gasteiger partial charge is 0.355 e. The summed E-state index contributed by atoms with van der Waals surface area (Å²) in [7, 11) is 1.63. The van der Waals surface area contributed by atoms with Crippen LogP contribution in [-0.4, -0.2) is 54.4 Å². The lowest BCUT2D eigenvalue weighted by atomic mass is 10.1. The molecule has 3 rings (SSSR count). The number of aromatic amines is 1. The highest BCUT2D eigenvalue weighted by Crippen LogP contribution is 2.31. The van der Waals surface area contributed by atoms with Gasteiger partial charge < -0.3 is 24.1 Å². The Morgan fingerprint density at radius 1 is 1.14 bits per heavy atom. The number of ether oxygens (including phenoxy) is 3. The first-order valence-corrected chi connectivity index (χ1v) is 9.27. The van der Waals surface area contributed by atoms with E-state index in [0.29, 0.717) is 48.1 Å². The first-order chi connectivity index (χ1) is 13.8. The van der Waals surface area contributed by atoms with Gasteiger partial charge in [-0.05, 0) is 44.0 Å². The molecule has 0 saturated carbocycles. The summed E-state index contributed by atoms with van der Waals surface area (Å²) in [4.78, 5) is 40.7. The maximum absolute atomic E-state index is 12.4. The predicted molar refractivity (Wildman–Crippen MR) is 104 cm³/mol. The lowest BCUT2D eigenvalue weighted by Crippen LogP contribution is -2.31. The number of H-pyrrole nitrogens is 1. The molecule has 29 heavy (non-hydrogen) atoms. The zero-order valence-corrected chi connectivity index (χ0v) is 17.0. The number of carbonyl (C=O) groups is 3. The summed E-state index contributed by atoms with van der Waals surface area (Å²) in [5.74, 6) is 0.190. The standard InChI is InChI=1S/C21H24N2O6/c1-12-19(14(3)24)13(2)22-20(12)21(26)29-11-18(25)23(4)10-15-5-6-16-17(9-15)28-8-7-27-16/h5-6,9,22H,7-8,10-11H2,1-4H3. The number of ketones is 1. The maximum atomic E-state index is 12.4. The zero-order chi connectivity index (χ0) is 21.1. The molecule has 2 aromatic rings. The second-order valence-corrected chi connectivity index (χ2v) is 6.99. The number of benzene rings is 1. The van der Waals surface area contributed by atoms with E-state index in [1.54, 1.807) is 20.9 Å². The molecule has 1 N–H and O–H groups in total. The van der Waals surface area contributed by atoms with Gasteiger partial charge in [-0.3, -0.25) is 9.59 Å². The maximum Gasteiger partial charge on any atom is 0.355 e. The van der Waals surface area contributed by atoms with Crippen molar-refractivity contribution < 1.29 is 28.6 Å². The summed E-state index contributed by atoms with van der Waals surface area (Å²) >= 11 is 0. The molecule has 8 nitrogen and oxygen atoms in total. The molecule has 154 valence electrons. The molecular weight excluding hydrogens is 376 g/mol. The van der Waals surface area contributed by atoms with Gasteiger partial charge in [0.05, 0.1) is 0 Å². The van der Waals surface area contributed by atoms with Crippen LogP contribution >= 0.6 is 0 Å². The van der Waals surface area contributed by atoms with Crippen molar-refractivity contribution in [3.63, 3.8) is 0 Å². The number of carbonyl (C=O) groups excluding carboxylic acids is 3. The lowest BCUT2D eigenvalue weighted by Gasteiger charge is -2.21. The third-order valence-corrected chi connectivity index (χ3v) is 4.77. The molecule has 1 aliphatic rings. The number of esters is 1. The molecule has 1 aromatic carbocycles. The van der Waals surface area contributed by atoms with Crippen LogP contribution in [0.4, 0.5) is 0 Å². The fraction of sp³-hybridized carbons (Fsp3) is 0.381. The van der Waals surface area contributed by atoms with Crippen LogP contribution in [0.5, 0.6) is 11.5 Å². The van der Waals surface area contributed by atoms with Crippen LogP contribution < -0.4 is 9.47 Å². The fourth-order valence-corrected chi connectivity index (χ4v) is 3.34. The fourth-order valence-electron chi connectivity index (χ4n) is 3.34. The summed E-state index contributed by atoms with van der Waals surface area (Å²) in [6.45, 7) is 5.77. The average Bonchev–Trinajstić information content (AvgIpc) is 3.00. The molecule has 1 aromatic heterocycles. The van der Waals surface area contributed by atoms with Crippen LogP contribution in [-0.2, 0) is 16.1 Å². The quantitative estimate of drug-likeness (QED) is 0.591. The van der Waals surface area contributed by atoms with Crippen molar-refractivity contribution in [1.29, 1.82) is 0 Å². The number of hydrogen-bond acceptors (Lipinski definition) is 6. The minimum atomic E-state index is -0.667. The van der Waals surface area contributed by atoms with Crippen LogP contribution in [0.1, 0.15) is 44.6 Å². The monoisotopic (exact) mass is 400 g/mol. The topological polar surface area (TPSA) is 97.9 Å². The molecule has 0 bridgehead atoms. The largest absolute Gasteiger partial charge is 0.486 e. The van der Waals surface area contributed by atoms with E-state index in [0.717, 1.165) is 5.56 Å². The van der Waals surface area contributed by atoms with Crippen molar-refractivity contribution in [1.82, 2.24) is 9.88 Å². The normalized spacial score (nSPS) is 12.4. The number of nitrogens with zero attached hydrogens (tertiary/aromatic N) is 1. The van der Waals surface area contributed by atoms with E-state index in [2.05, 4.69) is 4.98 Å². The number of fused-ring (bicyclic) bond motifs is 1. The molecule has 1 aliphatic heterocycles. The van der Waals surface area contributed by atoms with Crippen LogP contribution in [0.3, 0.4) is 0 Å². The van der Waals surface area contributed by atoms with Gasteiger partial charge in [0.2, 0.25) is 0 Å². The van der Waals surface area contributed by atoms with E-state index >= 15 is 0 Å². The number of likely N-dealkylation sites (N-methyl/N-ethyl adjacent to an activating group) is 1. The van der Waals surface area contributed by atoms with E-state index < -0.39 is 12.6 Å². The molecule has 8 heteroatoms. The third kappa shape index (κ3) is 4.42. The van der Waals surface area contributed by atoms with E-state index in [4.69, 9.17) is 14.2 Å². The number of aromatic nitrogens is 1. The highest BCUT2D eigenvalue weighted by atomic mass is 16.6. The Morgan fingerprint density at radius 3 is 2.48 bits per heavy atom. The molecule has 0 unspecified atom stereocenters. The van der Waals surface area contributed by atoms with Crippen molar-refractivity contribution in [3.8, 4) is 11.5 Å². The first kappa shape index (κ1) is 20.4. The molecule has 0 fully saturated rings. The number of aryl methyl sites for hydroxylation is 1. The highest BCUT2D eigenvalue weighted by molar-refractivity contribution is 6.01. The number of nitrogens with one attached hydrogen (secondary N) is 1. The second kappa shape index (κ2) is 8.38. The molecule has 0 radical (unpaired) electrons. The number of Topliss-reactive ketones (excluding diaryl/α,β-unsaturated/α-hetero) is 1. The molecule has 0 aliphatic carbocycles. The summed E-state index contributed by atoms with van der Waals surface area (Å²) in [6.07, 6.45) is 0. The predicted octanol–water partition coefficient (Wildman–Crippen LogP) is 2.42. The van der Waals surface area contributed by atoms with Crippen molar-refractivity contribution in [2.45, 2.75) is 27.3 Å². The van der Waals surface area contributed by atoms with Gasteiger partial charge in [0, 0.05) is 24.8 Å². The Hall–Kier alpha value is -3.29. The van der Waals surface area contributed by atoms with Gasteiger partial charge in [-0.1, -0.05) is 6.07 Å². The Labute approximate surface area is 168 Å². The average molecular weight is 400 g/mol. The van der Waals surface area contributed by atoms with E-state index in [1.165, 1.54) is 11.8 Å². The van der Waals surface area contributed by atoms with Gasteiger partial charge in [-0.2, -0.15) is 0 Å². The van der Waals surface area contributed by atoms with Crippen LogP contribution in [0.15, 0.2) is 18.2 Å². The molecule has 2 heterocycles. The van der Waals surface area contributed by atoms with Gasteiger partial charge in [0.25, 0.3) is 5.91 Å². The van der Waals surface area contributed by atoms with Gasteiger partial charge in [-0.25, -0.2) is 4.79 Å². The molecule has 0 spiro atoms. The Morgan fingerprint density at radius 2 is 1.83 bits per heavy atom. The Balaban J connectivity index is 1.58. The summed E-state index contributed by atoms with van der Waals surface area (Å²) in [5.41, 5.74) is 2.66. The van der Waals surface area contributed by atoms with Crippen molar-refractivity contribution in [3.05, 3.63) is 46.3 Å². The van der Waals surface area contributed by atoms with Crippen molar-refractivity contribution >= 4 is 17.7 Å². The van der Waals surface area contributed by atoms with Gasteiger partial charge in [-0.15, -0.1) is 0 Å². The summed E-state index contributed by atoms with van der Waals surface area (Å²) < 4.78 is 16.2. The van der Waals surface area contributed by atoms with E-state index in [-0.39, 0.29) is 17.4 Å². The molecule has 0 atom stereocenters. The zero-order valence-electron chi connectivity index (χ0n) is 17.0. The first-order valence-electron chi connectivity index (χ1n) is 9.27. The highest BCUT2D eigenvalue weighted by Gasteiger charge is 2.22. The molecular formula is C21H24N2O6. The Kier molecular flexibility index (Phi) is 5.91. The number of rotatable bonds is 6. The van der Waals surface area contributed by atoms with Gasteiger partial charge in [0.15, 0.2) is 23.9 Å². The van der Waals surface area contributed by atoms with Crippen LogP contribution in [0.2, 0.25) is 0 Å². The van der Waals surface area contributed by atoms with E-state index in [9.17, 15) is 14.4 Å². The number of hydrogen-bond donors (Lipinski definition) is 1. The Bertz CT molecular complexity index is 962. The lowest BCUT2D eigenvalue weighted by molar-refractivity contribution is -0.133. The third-order valence-electron chi connectivity index (χ3n) is 4.77. The van der Waals surface area contributed by atoms with Crippen LogP contribution in [0.25, 0.3) is 0 Å². The van der Waals surface area contributed by atoms with Crippen molar-refractivity contribution in [2.75, 3.05) is 26.9 Å². The van der Waals surface area contributed by atoms with Gasteiger partial charge >= 0.3 is 5.97 Å². The van der Waals surface area contributed by atoms with E-state index in [1.807, 2.05) is 18.2 Å². The van der Waals surface area contributed by atoms with Crippen LogP contribution in [0, 0.1) is 13.8 Å². The summed E-state index contributed by atoms with van der Waals surface area (Å²) in [5, 5.41) is 0. The van der Waals surface area contributed by atoms with Gasteiger partial charge in [0.1, 0.15) is 18.9 Å². The molecule has 0 saturated heterocycles. The summed E-state index contributed by atoms with van der Waals surface area (Å²) in [6, 6.07) is 5.50. The molecule has 1 amide bonds. The SMILES string of the molecule is CC(=O)c1c(C)[nH]c(C(=O)OCC(=O)N(C)Cc2ccc3c(c2)OCCO3)c1C. The van der Waals surface area contributed by atoms with Crippen molar-refractivity contribution in [2.24, 2.45) is 0 Å². The minimum Gasteiger partial charge on any atom is -0.486 e.